The van der Waals surface area contributed by atoms with Crippen molar-refractivity contribution in [2.45, 2.75) is 27.3 Å². The molecule has 3 rings (SSSR count). The first-order valence-electron chi connectivity index (χ1n) is 5.67. The summed E-state index contributed by atoms with van der Waals surface area (Å²) in [4.78, 5) is 11.3. The van der Waals surface area contributed by atoms with Gasteiger partial charge in [0, 0.05) is 19.6 Å². The monoisotopic (exact) mass is 217 g/mol. The van der Waals surface area contributed by atoms with Gasteiger partial charge in [-0.3, -0.25) is 4.68 Å². The van der Waals surface area contributed by atoms with Crippen LogP contribution in [-0.4, -0.2) is 32.8 Å². The van der Waals surface area contributed by atoms with Gasteiger partial charge in [-0.2, -0.15) is 5.10 Å². The van der Waals surface area contributed by atoms with E-state index in [0.717, 1.165) is 48.0 Å². The van der Waals surface area contributed by atoms with Crippen LogP contribution < -0.4 is 4.90 Å². The van der Waals surface area contributed by atoms with Crippen LogP contribution in [0.25, 0.3) is 11.0 Å². The maximum atomic E-state index is 4.54. The summed E-state index contributed by atoms with van der Waals surface area (Å²) in [6.45, 7) is 9.09. The highest BCUT2D eigenvalue weighted by atomic mass is 15.4. The normalized spacial score (nSPS) is 14.8. The SMILES string of the molecule is CCn1nc(C)c2nc(C)nc(N3CC3)c21. The van der Waals surface area contributed by atoms with E-state index in [9.17, 15) is 0 Å². The third-order valence-corrected chi connectivity index (χ3v) is 2.90. The van der Waals surface area contributed by atoms with Crippen molar-refractivity contribution in [3.05, 3.63) is 11.5 Å². The van der Waals surface area contributed by atoms with Gasteiger partial charge >= 0.3 is 0 Å². The standard InChI is InChI=1S/C11H15N5/c1-4-16-10-9(7(2)14-16)12-8(3)13-11(10)15-5-6-15/h4-6H2,1-3H3. The van der Waals surface area contributed by atoms with Gasteiger partial charge in [-0.15, -0.1) is 0 Å². The number of hydrogen-bond acceptors (Lipinski definition) is 4. The molecule has 0 aliphatic carbocycles. The summed E-state index contributed by atoms with van der Waals surface area (Å²) in [5, 5.41) is 4.51. The van der Waals surface area contributed by atoms with Crippen molar-refractivity contribution in [2.75, 3.05) is 18.0 Å². The Morgan fingerprint density at radius 1 is 1.19 bits per heavy atom. The van der Waals surface area contributed by atoms with Crippen LogP contribution in [0.5, 0.6) is 0 Å². The molecule has 1 aliphatic heterocycles. The Bertz CT molecular complexity index is 553. The van der Waals surface area contributed by atoms with Crippen molar-refractivity contribution in [3.8, 4) is 0 Å². The Labute approximate surface area is 94.1 Å². The lowest BCUT2D eigenvalue weighted by Crippen LogP contribution is -2.04. The van der Waals surface area contributed by atoms with Crippen LogP contribution in [0, 0.1) is 13.8 Å². The number of fused-ring (bicyclic) bond motifs is 1. The largest absolute Gasteiger partial charge is 0.351 e. The highest BCUT2D eigenvalue weighted by Gasteiger charge is 2.25. The average Bonchev–Trinajstić information content (AvgIpc) is 3.04. The van der Waals surface area contributed by atoms with E-state index in [-0.39, 0.29) is 0 Å². The van der Waals surface area contributed by atoms with Gasteiger partial charge in [0.1, 0.15) is 16.9 Å². The van der Waals surface area contributed by atoms with E-state index in [2.05, 4.69) is 26.9 Å². The van der Waals surface area contributed by atoms with Crippen molar-refractivity contribution < 1.29 is 0 Å². The van der Waals surface area contributed by atoms with Crippen LogP contribution >= 0.6 is 0 Å². The van der Waals surface area contributed by atoms with Gasteiger partial charge in [-0.25, -0.2) is 9.97 Å². The van der Waals surface area contributed by atoms with Gasteiger partial charge < -0.3 is 4.90 Å². The summed E-state index contributed by atoms with van der Waals surface area (Å²) in [5.41, 5.74) is 3.07. The topological polar surface area (TPSA) is 46.6 Å². The summed E-state index contributed by atoms with van der Waals surface area (Å²) in [6.07, 6.45) is 0. The molecule has 0 radical (unpaired) electrons. The van der Waals surface area contributed by atoms with Crippen LogP contribution in [0.4, 0.5) is 5.82 Å². The highest BCUT2D eigenvalue weighted by Crippen LogP contribution is 2.29. The van der Waals surface area contributed by atoms with Crippen molar-refractivity contribution in [3.63, 3.8) is 0 Å². The first kappa shape index (κ1) is 9.57. The fraction of sp³-hybridized carbons (Fsp3) is 0.545. The Morgan fingerprint density at radius 3 is 2.56 bits per heavy atom. The first-order valence-corrected chi connectivity index (χ1v) is 5.67. The molecule has 1 saturated heterocycles. The number of aryl methyl sites for hydroxylation is 3. The third-order valence-electron chi connectivity index (χ3n) is 2.90. The number of rotatable bonds is 2. The van der Waals surface area contributed by atoms with Crippen LogP contribution in [0.3, 0.4) is 0 Å². The van der Waals surface area contributed by atoms with Gasteiger partial charge in [0.15, 0.2) is 5.82 Å². The van der Waals surface area contributed by atoms with E-state index in [1.54, 1.807) is 0 Å². The van der Waals surface area contributed by atoms with E-state index in [1.807, 2.05) is 18.5 Å². The molecular weight excluding hydrogens is 202 g/mol. The minimum Gasteiger partial charge on any atom is -0.351 e. The number of anilines is 1. The van der Waals surface area contributed by atoms with Crippen molar-refractivity contribution in [1.82, 2.24) is 19.7 Å². The lowest BCUT2D eigenvalue weighted by molar-refractivity contribution is 0.675. The number of hydrogen-bond donors (Lipinski definition) is 0. The lowest BCUT2D eigenvalue weighted by atomic mass is 10.3. The molecule has 0 aromatic carbocycles. The van der Waals surface area contributed by atoms with Gasteiger partial charge in [0.2, 0.25) is 0 Å². The second-order valence-electron chi connectivity index (χ2n) is 4.18. The summed E-state index contributed by atoms with van der Waals surface area (Å²) in [6, 6.07) is 0. The predicted molar refractivity (Wildman–Crippen MR) is 62.7 cm³/mol. The molecule has 0 spiro atoms. The van der Waals surface area contributed by atoms with Gasteiger partial charge in [0.05, 0.1) is 5.69 Å². The van der Waals surface area contributed by atoms with Gasteiger partial charge in [0.25, 0.3) is 0 Å². The van der Waals surface area contributed by atoms with E-state index in [4.69, 9.17) is 0 Å². The molecule has 1 aliphatic rings. The molecule has 16 heavy (non-hydrogen) atoms. The molecule has 0 amide bonds. The Balaban J connectivity index is 2.37. The molecule has 2 aromatic heterocycles. The van der Waals surface area contributed by atoms with E-state index >= 15 is 0 Å². The Kier molecular flexibility index (Phi) is 1.89. The second kappa shape index (κ2) is 3.17. The molecule has 5 nitrogen and oxygen atoms in total. The molecule has 5 heteroatoms. The van der Waals surface area contributed by atoms with E-state index in [1.165, 1.54) is 0 Å². The number of nitrogens with zero attached hydrogens (tertiary/aromatic N) is 5. The first-order chi connectivity index (χ1) is 7.70. The highest BCUT2D eigenvalue weighted by molar-refractivity contribution is 5.89. The van der Waals surface area contributed by atoms with E-state index in [0.29, 0.717) is 0 Å². The minimum atomic E-state index is 0.827. The van der Waals surface area contributed by atoms with E-state index < -0.39 is 0 Å². The Hall–Kier alpha value is -1.65. The van der Waals surface area contributed by atoms with Crippen molar-refractivity contribution in [2.24, 2.45) is 0 Å². The lowest BCUT2D eigenvalue weighted by Gasteiger charge is -2.07. The van der Waals surface area contributed by atoms with Crippen molar-refractivity contribution >= 4 is 16.9 Å². The smallest absolute Gasteiger partial charge is 0.158 e. The molecule has 84 valence electrons. The zero-order chi connectivity index (χ0) is 11.3. The Morgan fingerprint density at radius 2 is 1.94 bits per heavy atom. The zero-order valence-corrected chi connectivity index (χ0v) is 9.86. The summed E-state index contributed by atoms with van der Waals surface area (Å²) in [7, 11) is 0. The quantitative estimate of drug-likeness (QED) is 0.711. The maximum absolute atomic E-state index is 4.54. The van der Waals surface area contributed by atoms with Gasteiger partial charge in [-0.1, -0.05) is 0 Å². The fourth-order valence-electron chi connectivity index (χ4n) is 2.03. The molecule has 0 saturated carbocycles. The molecular formula is C11H15N5. The molecule has 0 bridgehead atoms. The molecule has 0 N–H and O–H groups in total. The van der Waals surface area contributed by atoms with Crippen LogP contribution in [0.15, 0.2) is 0 Å². The maximum Gasteiger partial charge on any atom is 0.158 e. The van der Waals surface area contributed by atoms with Crippen molar-refractivity contribution in [1.29, 1.82) is 0 Å². The zero-order valence-electron chi connectivity index (χ0n) is 9.86. The fourth-order valence-corrected chi connectivity index (χ4v) is 2.03. The second-order valence-corrected chi connectivity index (χ2v) is 4.18. The summed E-state index contributed by atoms with van der Waals surface area (Å²) in [5.74, 6) is 1.87. The van der Waals surface area contributed by atoms with Crippen LogP contribution in [-0.2, 0) is 6.54 Å². The minimum absolute atomic E-state index is 0.827. The molecule has 2 aromatic rings. The van der Waals surface area contributed by atoms with Gasteiger partial charge in [-0.05, 0) is 20.8 Å². The average molecular weight is 217 g/mol. The van der Waals surface area contributed by atoms with Crippen LogP contribution in [0.2, 0.25) is 0 Å². The molecule has 0 atom stereocenters. The predicted octanol–water partition coefficient (Wildman–Crippen LogP) is 1.28. The molecule has 0 unspecified atom stereocenters. The van der Waals surface area contributed by atoms with Crippen LogP contribution in [0.1, 0.15) is 18.4 Å². The third kappa shape index (κ3) is 1.27. The molecule has 1 fully saturated rings. The number of aromatic nitrogens is 4. The summed E-state index contributed by atoms with van der Waals surface area (Å²) < 4.78 is 2.00. The molecule has 3 heterocycles. The summed E-state index contributed by atoms with van der Waals surface area (Å²) >= 11 is 0.